The molecular weight excluding hydrogens is 328 g/mol. The first-order chi connectivity index (χ1) is 11.5. The van der Waals surface area contributed by atoms with E-state index in [2.05, 4.69) is 17.0 Å². The second-order valence-corrected chi connectivity index (χ2v) is 8.78. The first-order valence-electron chi connectivity index (χ1n) is 8.31. The number of carbonyl (C=O) groups excluding carboxylic acids is 1. The molecule has 24 heavy (non-hydrogen) atoms. The van der Waals surface area contributed by atoms with Crippen LogP contribution in [0, 0.1) is 5.92 Å². The molecule has 1 amide bonds. The minimum Gasteiger partial charge on any atom is -0.497 e. The number of nitrogens with zero attached hydrogens (tertiary/aromatic N) is 2. The molecular formula is C17H24N2O4S. The van der Waals surface area contributed by atoms with Crippen molar-refractivity contribution in [1.82, 2.24) is 9.80 Å². The fraction of sp³-hybridized carbons (Fsp3) is 0.588. The largest absolute Gasteiger partial charge is 0.497 e. The first-order valence-corrected chi connectivity index (χ1v) is 10.1. The highest BCUT2D eigenvalue weighted by atomic mass is 32.2. The van der Waals surface area contributed by atoms with Gasteiger partial charge < -0.3 is 9.64 Å². The molecule has 0 radical (unpaired) electrons. The van der Waals surface area contributed by atoms with Crippen LogP contribution in [0.5, 0.6) is 5.75 Å². The van der Waals surface area contributed by atoms with Crippen molar-refractivity contribution in [2.75, 3.05) is 44.8 Å². The topological polar surface area (TPSA) is 66.9 Å². The molecule has 0 aliphatic carbocycles. The van der Waals surface area contributed by atoms with Crippen molar-refractivity contribution in [2.24, 2.45) is 5.92 Å². The molecule has 0 unspecified atom stereocenters. The molecule has 3 rings (SSSR count). The Balaban J connectivity index is 1.49. The smallest absolute Gasteiger partial charge is 0.226 e. The lowest BCUT2D eigenvalue weighted by Crippen LogP contribution is -2.50. The highest BCUT2D eigenvalue weighted by molar-refractivity contribution is 7.91. The fourth-order valence-electron chi connectivity index (χ4n) is 3.36. The summed E-state index contributed by atoms with van der Waals surface area (Å²) in [6.45, 7) is 3.83. The van der Waals surface area contributed by atoms with Crippen LogP contribution in [0.1, 0.15) is 12.0 Å². The van der Waals surface area contributed by atoms with Crippen LogP contribution in [-0.2, 0) is 21.2 Å². The lowest BCUT2D eigenvalue weighted by molar-refractivity contribution is -0.136. The van der Waals surface area contributed by atoms with Gasteiger partial charge in [-0.3, -0.25) is 9.69 Å². The monoisotopic (exact) mass is 352 g/mol. The Kier molecular flexibility index (Phi) is 5.10. The summed E-state index contributed by atoms with van der Waals surface area (Å²) in [6, 6.07) is 8.02. The van der Waals surface area contributed by atoms with E-state index in [1.807, 2.05) is 17.0 Å². The van der Waals surface area contributed by atoms with Gasteiger partial charge >= 0.3 is 0 Å². The van der Waals surface area contributed by atoms with Crippen molar-refractivity contribution in [3.8, 4) is 5.75 Å². The van der Waals surface area contributed by atoms with Gasteiger partial charge in [0.1, 0.15) is 5.75 Å². The number of methoxy groups -OCH3 is 1. The predicted octanol–water partition coefficient (Wildman–Crippen LogP) is 0.774. The molecule has 2 saturated heterocycles. The average Bonchev–Trinajstić information content (AvgIpc) is 2.95. The van der Waals surface area contributed by atoms with E-state index in [4.69, 9.17) is 4.74 Å². The summed E-state index contributed by atoms with van der Waals surface area (Å²) in [4.78, 5) is 16.6. The number of ether oxygens (including phenoxy) is 1. The molecule has 2 heterocycles. The molecule has 132 valence electrons. The summed E-state index contributed by atoms with van der Waals surface area (Å²) < 4.78 is 28.2. The molecule has 1 aromatic carbocycles. The second-order valence-electron chi connectivity index (χ2n) is 6.55. The number of hydrogen-bond donors (Lipinski definition) is 0. The fourth-order valence-corrected chi connectivity index (χ4v) is 5.10. The van der Waals surface area contributed by atoms with Crippen LogP contribution in [0.3, 0.4) is 0 Å². The number of benzene rings is 1. The third kappa shape index (κ3) is 4.08. The molecule has 1 aromatic rings. The van der Waals surface area contributed by atoms with Gasteiger partial charge in [0.15, 0.2) is 9.84 Å². The number of sulfone groups is 1. The number of amides is 1. The molecule has 0 saturated carbocycles. The zero-order valence-electron chi connectivity index (χ0n) is 14.0. The van der Waals surface area contributed by atoms with E-state index in [0.29, 0.717) is 19.5 Å². The van der Waals surface area contributed by atoms with Crippen LogP contribution in [-0.4, -0.2) is 68.9 Å². The van der Waals surface area contributed by atoms with Gasteiger partial charge in [-0.25, -0.2) is 8.42 Å². The van der Waals surface area contributed by atoms with Crippen LogP contribution < -0.4 is 4.74 Å². The normalized spacial score (nSPS) is 24.0. The highest BCUT2D eigenvalue weighted by Gasteiger charge is 2.36. The van der Waals surface area contributed by atoms with Gasteiger partial charge in [0.2, 0.25) is 5.91 Å². The van der Waals surface area contributed by atoms with Crippen molar-refractivity contribution >= 4 is 15.7 Å². The molecule has 0 spiro atoms. The minimum atomic E-state index is -3.00. The van der Waals surface area contributed by atoms with Gasteiger partial charge in [-0.1, -0.05) is 12.1 Å². The van der Waals surface area contributed by atoms with E-state index in [9.17, 15) is 13.2 Å². The van der Waals surface area contributed by atoms with Crippen LogP contribution in [0.4, 0.5) is 0 Å². The number of carbonyl (C=O) groups is 1. The van der Waals surface area contributed by atoms with Crippen LogP contribution in [0.15, 0.2) is 24.3 Å². The molecule has 0 bridgehead atoms. The highest BCUT2D eigenvalue weighted by Crippen LogP contribution is 2.22. The van der Waals surface area contributed by atoms with Crippen molar-refractivity contribution < 1.29 is 17.9 Å². The number of piperazine rings is 1. The van der Waals surface area contributed by atoms with E-state index in [0.717, 1.165) is 25.4 Å². The van der Waals surface area contributed by atoms with Crippen LogP contribution in [0.25, 0.3) is 0 Å². The van der Waals surface area contributed by atoms with Crippen molar-refractivity contribution in [2.45, 2.75) is 13.0 Å². The third-order valence-corrected chi connectivity index (χ3v) is 6.60. The maximum atomic E-state index is 12.5. The molecule has 2 aliphatic heterocycles. The molecule has 7 heteroatoms. The van der Waals surface area contributed by atoms with E-state index >= 15 is 0 Å². The lowest BCUT2D eigenvalue weighted by Gasteiger charge is -2.35. The van der Waals surface area contributed by atoms with Gasteiger partial charge in [0.05, 0.1) is 24.5 Å². The quantitative estimate of drug-likeness (QED) is 0.801. The van der Waals surface area contributed by atoms with E-state index < -0.39 is 9.84 Å². The maximum absolute atomic E-state index is 12.5. The van der Waals surface area contributed by atoms with E-state index in [1.54, 1.807) is 7.11 Å². The Hall–Kier alpha value is -1.60. The van der Waals surface area contributed by atoms with E-state index in [1.165, 1.54) is 5.56 Å². The molecule has 2 aliphatic rings. The zero-order valence-corrected chi connectivity index (χ0v) is 14.8. The van der Waals surface area contributed by atoms with Gasteiger partial charge in [-0.2, -0.15) is 0 Å². The van der Waals surface area contributed by atoms with Crippen LogP contribution >= 0.6 is 0 Å². The summed E-state index contributed by atoms with van der Waals surface area (Å²) >= 11 is 0. The Labute approximate surface area is 143 Å². The third-order valence-electron chi connectivity index (χ3n) is 4.83. The lowest BCUT2D eigenvalue weighted by atomic mass is 10.1. The van der Waals surface area contributed by atoms with Crippen molar-refractivity contribution in [3.63, 3.8) is 0 Å². The van der Waals surface area contributed by atoms with Gasteiger partial charge in [-0.05, 0) is 24.1 Å². The molecule has 2 fully saturated rings. The SMILES string of the molecule is COc1ccc(CN2CCN(C(=O)[C@@H]3CCS(=O)(=O)C3)CC2)cc1. The van der Waals surface area contributed by atoms with Gasteiger partial charge in [0.25, 0.3) is 0 Å². The maximum Gasteiger partial charge on any atom is 0.226 e. The molecule has 6 nitrogen and oxygen atoms in total. The van der Waals surface area contributed by atoms with Crippen molar-refractivity contribution in [3.05, 3.63) is 29.8 Å². The zero-order chi connectivity index (χ0) is 17.2. The van der Waals surface area contributed by atoms with E-state index in [-0.39, 0.29) is 23.3 Å². The van der Waals surface area contributed by atoms with Gasteiger partial charge in [0, 0.05) is 32.7 Å². The standard InChI is InChI=1S/C17H24N2O4S/c1-23-16-4-2-14(3-5-16)12-18-7-9-19(10-8-18)17(20)15-6-11-24(21,22)13-15/h2-5,15H,6-13H2,1H3/t15-/m1/s1. The number of rotatable bonds is 4. The van der Waals surface area contributed by atoms with Crippen molar-refractivity contribution in [1.29, 1.82) is 0 Å². The molecule has 0 N–H and O–H groups in total. The Morgan fingerprint density at radius 1 is 1.17 bits per heavy atom. The Morgan fingerprint density at radius 2 is 1.83 bits per heavy atom. The summed E-state index contributed by atoms with van der Waals surface area (Å²) in [7, 11) is -1.35. The summed E-state index contributed by atoms with van der Waals surface area (Å²) in [5.74, 6) is 0.711. The van der Waals surface area contributed by atoms with Crippen LogP contribution in [0.2, 0.25) is 0 Å². The average molecular weight is 352 g/mol. The Bertz CT molecular complexity index is 679. The Morgan fingerprint density at radius 3 is 2.38 bits per heavy atom. The summed E-state index contributed by atoms with van der Waals surface area (Å²) in [6.07, 6.45) is 0.479. The predicted molar refractivity (Wildman–Crippen MR) is 91.6 cm³/mol. The second kappa shape index (κ2) is 7.11. The summed E-state index contributed by atoms with van der Waals surface area (Å²) in [5.41, 5.74) is 1.22. The number of hydrogen-bond acceptors (Lipinski definition) is 5. The molecule has 1 atom stereocenters. The molecule has 0 aromatic heterocycles. The first kappa shape index (κ1) is 17.2. The summed E-state index contributed by atoms with van der Waals surface area (Å²) in [5, 5.41) is 0. The minimum absolute atomic E-state index is 0.0140. The van der Waals surface area contributed by atoms with Gasteiger partial charge in [-0.15, -0.1) is 0 Å².